The third-order valence-corrected chi connectivity index (χ3v) is 7.40. The molecule has 0 saturated carbocycles. The molecule has 12 heteroatoms. The first-order chi connectivity index (χ1) is 8.35. The molecule has 0 aromatic carbocycles. The molecule has 3 unspecified atom stereocenters. The number of hydrogen-bond acceptors (Lipinski definition) is 6. The minimum Gasteiger partial charge on any atom is -0.324 e. The predicted molar refractivity (Wildman–Crippen MR) is 67.0 cm³/mol. The van der Waals surface area contributed by atoms with Crippen LogP contribution in [0.15, 0.2) is 0 Å². The van der Waals surface area contributed by atoms with E-state index < -0.39 is 36.4 Å². The van der Waals surface area contributed by atoms with E-state index in [0.29, 0.717) is 0 Å². The third-order valence-electron chi connectivity index (χ3n) is 2.48. The molecule has 0 aliphatic carbocycles. The fourth-order valence-electron chi connectivity index (χ4n) is 1.37. The van der Waals surface area contributed by atoms with Crippen molar-refractivity contribution < 1.29 is 40.7 Å². The van der Waals surface area contributed by atoms with E-state index in [0.717, 1.165) is 7.11 Å². The topological polar surface area (TPSA) is 147 Å². The SMILES string of the molecule is CCC(CC(C)P(=O)(O)OP(=O)(O)O)S(=O)(=O)OC. The van der Waals surface area contributed by atoms with Crippen LogP contribution in [-0.4, -0.2) is 41.1 Å². The van der Waals surface area contributed by atoms with Gasteiger partial charge in [0.05, 0.1) is 18.0 Å². The van der Waals surface area contributed by atoms with E-state index in [-0.39, 0.29) is 12.8 Å². The molecule has 0 aliphatic rings. The molecular formula is C7H18O9P2S. The highest BCUT2D eigenvalue weighted by atomic mass is 32.2. The Morgan fingerprint density at radius 2 is 1.68 bits per heavy atom. The first-order valence-electron chi connectivity index (χ1n) is 5.24. The van der Waals surface area contributed by atoms with Gasteiger partial charge in [0.15, 0.2) is 0 Å². The Kier molecular flexibility index (Phi) is 6.85. The molecule has 9 nitrogen and oxygen atoms in total. The van der Waals surface area contributed by atoms with Gasteiger partial charge in [0.2, 0.25) is 0 Å². The summed E-state index contributed by atoms with van der Waals surface area (Å²) in [5.41, 5.74) is -1.27. The van der Waals surface area contributed by atoms with Crippen LogP contribution in [0.2, 0.25) is 0 Å². The average Bonchev–Trinajstić information content (AvgIpc) is 2.21. The van der Waals surface area contributed by atoms with Crippen molar-refractivity contribution in [1.82, 2.24) is 0 Å². The molecule has 0 fully saturated rings. The lowest BCUT2D eigenvalue weighted by Crippen LogP contribution is -2.26. The summed E-state index contributed by atoms with van der Waals surface area (Å²) in [5, 5.41) is -1.06. The van der Waals surface area contributed by atoms with Gasteiger partial charge in [0.1, 0.15) is 0 Å². The van der Waals surface area contributed by atoms with Crippen LogP contribution < -0.4 is 0 Å². The molecule has 0 saturated heterocycles. The molecule has 3 N–H and O–H groups in total. The molecule has 116 valence electrons. The predicted octanol–water partition coefficient (Wildman–Crippen LogP) is 0.815. The van der Waals surface area contributed by atoms with Gasteiger partial charge in [-0.05, 0) is 12.8 Å². The molecule has 0 aromatic heterocycles. The summed E-state index contributed by atoms with van der Waals surface area (Å²) in [7, 11) is -12.7. The van der Waals surface area contributed by atoms with Crippen molar-refractivity contribution in [3.8, 4) is 0 Å². The summed E-state index contributed by atoms with van der Waals surface area (Å²) in [6.45, 7) is 2.71. The van der Waals surface area contributed by atoms with E-state index in [1.165, 1.54) is 6.92 Å². The third kappa shape index (κ3) is 6.46. The molecule has 0 heterocycles. The monoisotopic (exact) mass is 340 g/mol. The van der Waals surface area contributed by atoms with Crippen LogP contribution in [0.3, 0.4) is 0 Å². The van der Waals surface area contributed by atoms with Gasteiger partial charge >= 0.3 is 15.4 Å². The van der Waals surface area contributed by atoms with Gasteiger partial charge in [-0.3, -0.25) is 8.75 Å². The Morgan fingerprint density at radius 1 is 1.21 bits per heavy atom. The quantitative estimate of drug-likeness (QED) is 0.431. The second kappa shape index (κ2) is 6.78. The van der Waals surface area contributed by atoms with E-state index in [1.807, 2.05) is 0 Å². The zero-order valence-electron chi connectivity index (χ0n) is 10.7. The van der Waals surface area contributed by atoms with Gasteiger partial charge in [-0.25, -0.2) is 8.88 Å². The van der Waals surface area contributed by atoms with Gasteiger partial charge in [0, 0.05) is 0 Å². The Balaban J connectivity index is 4.99. The van der Waals surface area contributed by atoms with Crippen LogP contribution in [0, 0.1) is 0 Å². The molecule has 0 radical (unpaired) electrons. The van der Waals surface area contributed by atoms with Crippen LogP contribution in [-0.2, 0) is 27.7 Å². The Labute approximate surface area is 111 Å². The molecule has 0 rings (SSSR count). The summed E-state index contributed by atoms with van der Waals surface area (Å²) in [6.07, 6.45) is -0.198. The maximum absolute atomic E-state index is 11.6. The summed E-state index contributed by atoms with van der Waals surface area (Å²) in [4.78, 5) is 26.4. The van der Waals surface area contributed by atoms with Crippen molar-refractivity contribution in [3.05, 3.63) is 0 Å². The molecule has 3 atom stereocenters. The van der Waals surface area contributed by atoms with Crippen LogP contribution in [0.5, 0.6) is 0 Å². The normalized spacial score (nSPS) is 19.7. The Bertz CT molecular complexity index is 481. The summed E-state index contributed by atoms with van der Waals surface area (Å²) in [6, 6.07) is 0. The van der Waals surface area contributed by atoms with Crippen molar-refractivity contribution >= 4 is 25.5 Å². The highest BCUT2D eigenvalue weighted by Gasteiger charge is 2.39. The van der Waals surface area contributed by atoms with Crippen LogP contribution >= 0.6 is 15.4 Å². The fourth-order valence-corrected chi connectivity index (χ4v) is 5.10. The number of rotatable bonds is 8. The minimum absolute atomic E-state index is 0.121. The largest absolute Gasteiger partial charge is 0.476 e. The van der Waals surface area contributed by atoms with Gasteiger partial charge in [0.25, 0.3) is 10.1 Å². The van der Waals surface area contributed by atoms with Crippen molar-refractivity contribution in [2.24, 2.45) is 0 Å². The van der Waals surface area contributed by atoms with Gasteiger partial charge in [-0.2, -0.15) is 8.42 Å². The standard InChI is InChI=1S/C7H18O9P2S/c1-4-7(19(13,14)15-3)5-6(2)17(8,9)16-18(10,11)12/h6-7H,4-5H2,1-3H3,(H,8,9)(H2,10,11,12). The molecule has 0 aliphatic heterocycles. The molecule has 19 heavy (non-hydrogen) atoms. The van der Waals surface area contributed by atoms with E-state index in [9.17, 15) is 22.4 Å². The number of phosphoric acid groups is 1. The zero-order valence-corrected chi connectivity index (χ0v) is 13.3. The lowest BCUT2D eigenvalue weighted by atomic mass is 10.2. The van der Waals surface area contributed by atoms with Crippen molar-refractivity contribution in [2.45, 2.75) is 37.6 Å². The molecule has 0 aromatic rings. The second-order valence-electron chi connectivity index (χ2n) is 3.91. The molecular weight excluding hydrogens is 322 g/mol. The lowest BCUT2D eigenvalue weighted by molar-refractivity contribution is 0.259. The highest BCUT2D eigenvalue weighted by molar-refractivity contribution is 7.87. The highest BCUT2D eigenvalue weighted by Crippen LogP contribution is 2.60. The first-order valence-corrected chi connectivity index (χ1v) is 9.89. The van der Waals surface area contributed by atoms with E-state index >= 15 is 0 Å². The van der Waals surface area contributed by atoms with Crippen molar-refractivity contribution in [3.63, 3.8) is 0 Å². The van der Waals surface area contributed by atoms with E-state index in [2.05, 4.69) is 8.49 Å². The molecule has 0 amide bonds. The maximum atomic E-state index is 11.6. The fraction of sp³-hybridized carbons (Fsp3) is 1.00. The van der Waals surface area contributed by atoms with Crippen molar-refractivity contribution in [2.75, 3.05) is 7.11 Å². The average molecular weight is 340 g/mol. The van der Waals surface area contributed by atoms with Gasteiger partial charge in [-0.1, -0.05) is 13.8 Å². The smallest absolute Gasteiger partial charge is 0.324 e. The second-order valence-corrected chi connectivity index (χ2v) is 9.54. The van der Waals surface area contributed by atoms with Crippen molar-refractivity contribution in [1.29, 1.82) is 0 Å². The minimum atomic E-state index is -5.13. The van der Waals surface area contributed by atoms with Gasteiger partial charge in [-0.15, -0.1) is 0 Å². The van der Waals surface area contributed by atoms with Crippen LogP contribution in [0.25, 0.3) is 0 Å². The van der Waals surface area contributed by atoms with Gasteiger partial charge < -0.3 is 14.7 Å². The van der Waals surface area contributed by atoms with E-state index in [1.54, 1.807) is 6.92 Å². The summed E-state index contributed by atoms with van der Waals surface area (Å²) >= 11 is 0. The van der Waals surface area contributed by atoms with E-state index in [4.69, 9.17) is 9.79 Å². The summed E-state index contributed by atoms with van der Waals surface area (Å²) < 4.78 is 53.3. The lowest BCUT2D eigenvalue weighted by Gasteiger charge is -2.22. The molecule has 0 bridgehead atoms. The molecule has 0 spiro atoms. The summed E-state index contributed by atoms with van der Waals surface area (Å²) in [5.74, 6) is 0. The van der Waals surface area contributed by atoms with Crippen LogP contribution in [0.1, 0.15) is 26.7 Å². The Hall–Kier alpha value is 0.210. The number of hydrogen-bond donors (Lipinski definition) is 3. The Morgan fingerprint density at radius 3 is 2.00 bits per heavy atom. The first kappa shape index (κ1) is 19.2. The van der Waals surface area contributed by atoms with Crippen LogP contribution in [0.4, 0.5) is 0 Å². The maximum Gasteiger partial charge on any atom is 0.476 e. The zero-order chi connectivity index (χ0) is 15.5.